The fraction of sp³-hybridized carbons (Fsp3) is 0.480. The van der Waals surface area contributed by atoms with Gasteiger partial charge in [0.15, 0.2) is 5.16 Å². The van der Waals surface area contributed by atoms with Gasteiger partial charge in [-0.05, 0) is 63.0 Å². The molecule has 2 aliphatic rings. The number of piperidine rings is 1. The van der Waals surface area contributed by atoms with E-state index in [0.717, 1.165) is 85.8 Å². The Bertz CT molecular complexity index is 1030. The molecule has 1 atom stereocenters. The molecule has 2 aliphatic heterocycles. The summed E-state index contributed by atoms with van der Waals surface area (Å²) >= 11 is 1.74. The number of benzene rings is 1. The molecule has 0 radical (unpaired) electrons. The van der Waals surface area contributed by atoms with E-state index in [1.54, 1.807) is 18.9 Å². The maximum Gasteiger partial charge on any atom is 0.195 e. The second-order valence-corrected chi connectivity index (χ2v) is 9.68. The number of pyridine rings is 1. The molecule has 1 aromatic carbocycles. The third-order valence-electron chi connectivity index (χ3n) is 6.46. The van der Waals surface area contributed by atoms with Gasteiger partial charge < -0.3 is 9.47 Å². The molecule has 3 aromatic rings. The van der Waals surface area contributed by atoms with E-state index in [-0.39, 0.29) is 0 Å². The molecule has 2 saturated heterocycles. The van der Waals surface area contributed by atoms with Gasteiger partial charge in [-0.2, -0.15) is 0 Å². The van der Waals surface area contributed by atoms with E-state index in [0.29, 0.717) is 12.0 Å². The lowest BCUT2D eigenvalue weighted by atomic mass is 9.95. The first-order valence-corrected chi connectivity index (χ1v) is 12.7. The first kappa shape index (κ1) is 22.4. The SMILES string of the molecule is COc1cccc(-n2c(SC[C@H]3CCCO3)nnc2C2CCN(Cc3ccccn3)CC2)c1. The number of thioether (sulfide) groups is 1. The summed E-state index contributed by atoms with van der Waals surface area (Å²) in [5.74, 6) is 3.17. The quantitative estimate of drug-likeness (QED) is 0.459. The van der Waals surface area contributed by atoms with E-state index in [1.807, 2.05) is 24.4 Å². The molecule has 174 valence electrons. The number of rotatable bonds is 8. The lowest BCUT2D eigenvalue weighted by Gasteiger charge is -2.31. The molecular weight excluding hydrogens is 434 g/mol. The van der Waals surface area contributed by atoms with Crippen molar-refractivity contribution in [2.45, 2.75) is 49.4 Å². The Morgan fingerprint density at radius 1 is 1.09 bits per heavy atom. The second-order valence-electron chi connectivity index (χ2n) is 8.70. The molecule has 0 aliphatic carbocycles. The van der Waals surface area contributed by atoms with E-state index in [1.165, 1.54) is 0 Å². The Labute approximate surface area is 199 Å². The highest BCUT2D eigenvalue weighted by Gasteiger charge is 2.28. The van der Waals surface area contributed by atoms with Crippen molar-refractivity contribution in [2.75, 3.05) is 32.6 Å². The minimum atomic E-state index is 0.309. The molecule has 2 aromatic heterocycles. The van der Waals surface area contributed by atoms with Crippen molar-refractivity contribution in [3.8, 4) is 11.4 Å². The van der Waals surface area contributed by atoms with Crippen molar-refractivity contribution in [1.82, 2.24) is 24.6 Å². The number of likely N-dealkylation sites (tertiary alicyclic amines) is 1. The Balaban J connectivity index is 1.34. The van der Waals surface area contributed by atoms with Crippen LogP contribution in [0.2, 0.25) is 0 Å². The van der Waals surface area contributed by atoms with Gasteiger partial charge in [0.2, 0.25) is 0 Å². The molecule has 8 heteroatoms. The summed E-state index contributed by atoms with van der Waals surface area (Å²) in [6.45, 7) is 3.84. The largest absolute Gasteiger partial charge is 0.497 e. The normalized spacial score (nSPS) is 19.7. The van der Waals surface area contributed by atoms with E-state index in [9.17, 15) is 0 Å². The van der Waals surface area contributed by atoms with Crippen LogP contribution in [0.3, 0.4) is 0 Å². The Hall–Kier alpha value is -2.42. The number of hydrogen-bond acceptors (Lipinski definition) is 7. The number of methoxy groups -OCH3 is 1. The van der Waals surface area contributed by atoms with Crippen LogP contribution in [0.4, 0.5) is 0 Å². The van der Waals surface area contributed by atoms with Gasteiger partial charge in [0.25, 0.3) is 0 Å². The van der Waals surface area contributed by atoms with Gasteiger partial charge in [0.05, 0.1) is 24.6 Å². The van der Waals surface area contributed by atoms with Gasteiger partial charge in [0, 0.05) is 37.1 Å². The van der Waals surface area contributed by atoms with Gasteiger partial charge >= 0.3 is 0 Å². The van der Waals surface area contributed by atoms with Crippen molar-refractivity contribution in [2.24, 2.45) is 0 Å². The molecular formula is C25H31N5O2S. The first-order chi connectivity index (χ1) is 16.3. The number of ether oxygens (including phenoxy) is 2. The molecule has 0 N–H and O–H groups in total. The predicted molar refractivity (Wildman–Crippen MR) is 129 cm³/mol. The summed E-state index contributed by atoms with van der Waals surface area (Å²) in [6, 6.07) is 14.3. The minimum Gasteiger partial charge on any atom is -0.497 e. The molecule has 33 heavy (non-hydrogen) atoms. The topological polar surface area (TPSA) is 65.3 Å². The van der Waals surface area contributed by atoms with E-state index < -0.39 is 0 Å². The maximum atomic E-state index is 5.83. The van der Waals surface area contributed by atoms with Crippen LogP contribution in [0.5, 0.6) is 5.75 Å². The summed E-state index contributed by atoms with van der Waals surface area (Å²) in [5, 5.41) is 10.3. The molecule has 2 fully saturated rings. The van der Waals surface area contributed by atoms with Crippen LogP contribution in [0, 0.1) is 0 Å². The third-order valence-corrected chi connectivity index (χ3v) is 7.52. The first-order valence-electron chi connectivity index (χ1n) is 11.8. The van der Waals surface area contributed by atoms with E-state index >= 15 is 0 Å². The number of hydrogen-bond donors (Lipinski definition) is 0. The van der Waals surface area contributed by atoms with Crippen LogP contribution in [0.15, 0.2) is 53.8 Å². The Morgan fingerprint density at radius 3 is 2.76 bits per heavy atom. The zero-order chi connectivity index (χ0) is 22.5. The highest BCUT2D eigenvalue weighted by molar-refractivity contribution is 7.99. The highest BCUT2D eigenvalue weighted by Crippen LogP contribution is 2.33. The Kier molecular flexibility index (Phi) is 7.24. The maximum absolute atomic E-state index is 5.83. The monoisotopic (exact) mass is 465 g/mol. The highest BCUT2D eigenvalue weighted by atomic mass is 32.2. The van der Waals surface area contributed by atoms with Crippen LogP contribution < -0.4 is 4.74 Å². The van der Waals surface area contributed by atoms with Gasteiger partial charge in [-0.25, -0.2) is 0 Å². The van der Waals surface area contributed by atoms with Gasteiger partial charge in [-0.3, -0.25) is 14.5 Å². The van der Waals surface area contributed by atoms with E-state index in [2.05, 4.69) is 43.8 Å². The zero-order valence-corrected chi connectivity index (χ0v) is 19.9. The van der Waals surface area contributed by atoms with Gasteiger partial charge in [-0.1, -0.05) is 23.9 Å². The van der Waals surface area contributed by atoms with Crippen molar-refractivity contribution < 1.29 is 9.47 Å². The standard InChI is InChI=1S/C25H31N5O2S/c1-31-22-8-4-7-21(16-22)30-24(27-28-25(30)33-18-23-9-5-15-32-23)19-10-13-29(14-11-19)17-20-6-2-3-12-26-20/h2-4,6-8,12,16,19,23H,5,9-11,13-15,17-18H2,1H3/t23-/m1/s1. The smallest absolute Gasteiger partial charge is 0.195 e. The lowest BCUT2D eigenvalue weighted by Crippen LogP contribution is -2.33. The average molecular weight is 466 g/mol. The predicted octanol–water partition coefficient (Wildman–Crippen LogP) is 4.32. The summed E-state index contributed by atoms with van der Waals surface area (Å²) < 4.78 is 13.6. The van der Waals surface area contributed by atoms with Crippen molar-refractivity contribution in [3.05, 3.63) is 60.2 Å². The molecule has 0 unspecified atom stereocenters. The number of aromatic nitrogens is 4. The van der Waals surface area contributed by atoms with Gasteiger partial charge in [-0.15, -0.1) is 10.2 Å². The minimum absolute atomic E-state index is 0.309. The van der Waals surface area contributed by atoms with Crippen molar-refractivity contribution in [3.63, 3.8) is 0 Å². The van der Waals surface area contributed by atoms with Crippen LogP contribution in [-0.4, -0.2) is 63.3 Å². The molecule has 0 spiro atoms. The van der Waals surface area contributed by atoms with E-state index in [4.69, 9.17) is 14.6 Å². The van der Waals surface area contributed by atoms with Crippen LogP contribution in [-0.2, 0) is 11.3 Å². The molecule has 0 bridgehead atoms. The summed E-state index contributed by atoms with van der Waals surface area (Å²) in [7, 11) is 1.70. The van der Waals surface area contributed by atoms with Crippen LogP contribution in [0.1, 0.15) is 43.1 Å². The summed E-state index contributed by atoms with van der Waals surface area (Å²) in [4.78, 5) is 6.97. The fourth-order valence-electron chi connectivity index (χ4n) is 4.64. The number of nitrogens with zero attached hydrogens (tertiary/aromatic N) is 5. The molecule has 7 nitrogen and oxygen atoms in total. The molecule has 4 heterocycles. The lowest BCUT2D eigenvalue weighted by molar-refractivity contribution is 0.129. The molecule has 5 rings (SSSR count). The summed E-state index contributed by atoms with van der Waals surface area (Å²) in [5.41, 5.74) is 2.18. The average Bonchev–Trinajstić information content (AvgIpc) is 3.54. The van der Waals surface area contributed by atoms with Gasteiger partial charge in [0.1, 0.15) is 11.6 Å². The molecule has 0 saturated carbocycles. The second kappa shape index (κ2) is 10.7. The third kappa shape index (κ3) is 5.39. The van der Waals surface area contributed by atoms with Crippen LogP contribution in [0.25, 0.3) is 5.69 Å². The summed E-state index contributed by atoms with van der Waals surface area (Å²) in [6.07, 6.45) is 6.58. The van der Waals surface area contributed by atoms with Crippen molar-refractivity contribution >= 4 is 11.8 Å². The Morgan fingerprint density at radius 2 is 2.00 bits per heavy atom. The fourth-order valence-corrected chi connectivity index (χ4v) is 5.67. The van der Waals surface area contributed by atoms with Crippen LogP contribution >= 0.6 is 11.8 Å². The zero-order valence-electron chi connectivity index (χ0n) is 19.1. The molecule has 0 amide bonds. The van der Waals surface area contributed by atoms with Crippen molar-refractivity contribution in [1.29, 1.82) is 0 Å².